The molecule has 0 radical (unpaired) electrons. The largest absolute Gasteiger partial charge is 0.469 e. The highest BCUT2D eigenvalue weighted by atomic mass is 16.5. The maximum Gasteiger partial charge on any atom is 0.312 e. The van der Waals surface area contributed by atoms with Gasteiger partial charge in [-0.3, -0.25) is 4.79 Å². The molecule has 0 spiro atoms. The van der Waals surface area contributed by atoms with E-state index in [4.69, 9.17) is 0 Å². The van der Waals surface area contributed by atoms with Crippen LogP contribution in [0.2, 0.25) is 0 Å². The van der Waals surface area contributed by atoms with Crippen LogP contribution in [0.25, 0.3) is 0 Å². The number of hydrogen-bond donors (Lipinski definition) is 0. The number of esters is 1. The summed E-state index contributed by atoms with van der Waals surface area (Å²) in [6, 6.07) is 0. The fourth-order valence-corrected chi connectivity index (χ4v) is 1.31. The topological polar surface area (TPSA) is 26.3 Å². The Bertz CT molecular complexity index is 172. The molecule has 0 fully saturated rings. The first-order chi connectivity index (χ1) is 5.24. The Hall–Kier alpha value is -0.790. The van der Waals surface area contributed by atoms with Crippen molar-refractivity contribution in [3.8, 4) is 0 Å². The molecule has 0 aromatic carbocycles. The molecule has 0 aromatic rings. The van der Waals surface area contributed by atoms with Crippen LogP contribution in [0.4, 0.5) is 0 Å². The van der Waals surface area contributed by atoms with Gasteiger partial charge in [0.15, 0.2) is 0 Å². The van der Waals surface area contributed by atoms with Crippen molar-refractivity contribution in [2.75, 3.05) is 7.11 Å². The summed E-state index contributed by atoms with van der Waals surface area (Å²) < 4.78 is 4.63. The average Bonchev–Trinajstić information content (AvgIpc) is 2.05. The summed E-state index contributed by atoms with van der Waals surface area (Å²) >= 11 is 0. The summed E-state index contributed by atoms with van der Waals surface area (Å²) in [5, 5.41) is 0. The lowest BCUT2D eigenvalue weighted by atomic mass is 9.90. The first-order valence-corrected chi connectivity index (χ1v) is 4.00. The van der Waals surface area contributed by atoms with E-state index >= 15 is 0 Å². The van der Waals surface area contributed by atoms with Crippen molar-refractivity contribution in [2.24, 2.45) is 11.8 Å². The first kappa shape index (κ1) is 8.31. The molecule has 0 amide bonds. The molecule has 0 saturated heterocycles. The number of carbonyl (C=O) groups excluding carboxylic acids is 1. The lowest BCUT2D eigenvalue weighted by molar-refractivity contribution is -0.144. The number of ether oxygens (including phenoxy) is 1. The Kier molecular flexibility index (Phi) is 2.69. The Morgan fingerprint density at radius 3 is 2.64 bits per heavy atom. The van der Waals surface area contributed by atoms with Gasteiger partial charge in [-0.2, -0.15) is 0 Å². The number of allylic oxidation sites excluding steroid dienone is 1. The van der Waals surface area contributed by atoms with E-state index < -0.39 is 0 Å². The van der Waals surface area contributed by atoms with Crippen LogP contribution in [0.1, 0.15) is 19.8 Å². The van der Waals surface area contributed by atoms with E-state index in [9.17, 15) is 4.79 Å². The Balaban J connectivity index is 2.50. The number of methoxy groups -OCH3 is 1. The van der Waals surface area contributed by atoms with Crippen molar-refractivity contribution < 1.29 is 9.53 Å². The molecule has 1 aliphatic rings. The third kappa shape index (κ3) is 2.07. The molecule has 1 aliphatic carbocycles. The van der Waals surface area contributed by atoms with Gasteiger partial charge in [0.25, 0.3) is 0 Å². The Morgan fingerprint density at radius 1 is 1.45 bits per heavy atom. The molecular formula is C9H14O2. The van der Waals surface area contributed by atoms with E-state index in [2.05, 4.69) is 17.7 Å². The summed E-state index contributed by atoms with van der Waals surface area (Å²) in [7, 11) is 1.44. The fraction of sp³-hybridized carbons (Fsp3) is 0.667. The second kappa shape index (κ2) is 3.56. The number of rotatable bonds is 1. The van der Waals surface area contributed by atoms with Crippen LogP contribution in [0.3, 0.4) is 0 Å². The van der Waals surface area contributed by atoms with Crippen molar-refractivity contribution in [2.45, 2.75) is 19.8 Å². The molecule has 0 aromatic heterocycles. The molecule has 62 valence electrons. The molecule has 0 heterocycles. The van der Waals surface area contributed by atoms with Crippen LogP contribution in [0.5, 0.6) is 0 Å². The summed E-state index contributed by atoms with van der Waals surface area (Å²) in [6.45, 7) is 2.16. The van der Waals surface area contributed by atoms with Gasteiger partial charge in [0, 0.05) is 0 Å². The zero-order chi connectivity index (χ0) is 8.27. The van der Waals surface area contributed by atoms with Gasteiger partial charge in [0.1, 0.15) is 0 Å². The zero-order valence-electron chi connectivity index (χ0n) is 7.04. The van der Waals surface area contributed by atoms with Crippen LogP contribution in [-0.2, 0) is 9.53 Å². The molecule has 0 saturated carbocycles. The van der Waals surface area contributed by atoms with E-state index in [1.54, 1.807) is 0 Å². The molecule has 2 heteroatoms. The van der Waals surface area contributed by atoms with Crippen LogP contribution in [0, 0.1) is 11.8 Å². The minimum Gasteiger partial charge on any atom is -0.469 e. The van der Waals surface area contributed by atoms with Gasteiger partial charge in [-0.25, -0.2) is 0 Å². The SMILES string of the molecule is COC(=O)C1C=C[C@@H](C)CC1. The molecular weight excluding hydrogens is 140 g/mol. The minimum absolute atomic E-state index is 0.0104. The summed E-state index contributed by atoms with van der Waals surface area (Å²) in [4.78, 5) is 11.0. The molecule has 2 nitrogen and oxygen atoms in total. The Labute approximate surface area is 67.2 Å². The van der Waals surface area contributed by atoms with E-state index in [-0.39, 0.29) is 11.9 Å². The zero-order valence-corrected chi connectivity index (χ0v) is 7.04. The lowest BCUT2D eigenvalue weighted by Crippen LogP contribution is -2.17. The quantitative estimate of drug-likeness (QED) is 0.425. The van der Waals surface area contributed by atoms with Gasteiger partial charge >= 0.3 is 5.97 Å². The third-order valence-corrected chi connectivity index (χ3v) is 2.11. The average molecular weight is 154 g/mol. The van der Waals surface area contributed by atoms with Gasteiger partial charge in [-0.05, 0) is 18.8 Å². The minimum atomic E-state index is -0.104. The smallest absolute Gasteiger partial charge is 0.312 e. The second-order valence-electron chi connectivity index (χ2n) is 3.07. The van der Waals surface area contributed by atoms with E-state index in [1.165, 1.54) is 7.11 Å². The molecule has 2 atom stereocenters. The lowest BCUT2D eigenvalue weighted by Gasteiger charge is -2.17. The number of carbonyl (C=O) groups is 1. The maximum absolute atomic E-state index is 11.0. The third-order valence-electron chi connectivity index (χ3n) is 2.11. The summed E-state index contributed by atoms with van der Waals surface area (Å²) in [5.74, 6) is 0.528. The monoisotopic (exact) mass is 154 g/mol. The highest BCUT2D eigenvalue weighted by molar-refractivity contribution is 5.74. The summed E-state index contributed by atoms with van der Waals surface area (Å²) in [6.07, 6.45) is 6.08. The van der Waals surface area contributed by atoms with Gasteiger partial charge in [0.05, 0.1) is 13.0 Å². The molecule has 1 unspecified atom stereocenters. The van der Waals surface area contributed by atoms with Gasteiger partial charge in [-0.15, -0.1) is 0 Å². The van der Waals surface area contributed by atoms with Crippen molar-refractivity contribution in [3.63, 3.8) is 0 Å². The maximum atomic E-state index is 11.0. The number of hydrogen-bond acceptors (Lipinski definition) is 2. The van der Waals surface area contributed by atoms with E-state index in [0.717, 1.165) is 12.8 Å². The Morgan fingerprint density at radius 2 is 2.18 bits per heavy atom. The van der Waals surface area contributed by atoms with Crippen molar-refractivity contribution in [1.29, 1.82) is 0 Å². The fourth-order valence-electron chi connectivity index (χ4n) is 1.31. The van der Waals surface area contributed by atoms with Gasteiger partial charge in [-0.1, -0.05) is 19.1 Å². The highest BCUT2D eigenvalue weighted by Crippen LogP contribution is 2.22. The highest BCUT2D eigenvalue weighted by Gasteiger charge is 2.19. The normalized spacial score (nSPS) is 30.0. The summed E-state index contributed by atoms with van der Waals surface area (Å²) in [5.41, 5.74) is 0. The first-order valence-electron chi connectivity index (χ1n) is 4.00. The second-order valence-corrected chi connectivity index (χ2v) is 3.07. The molecule has 0 N–H and O–H groups in total. The predicted molar refractivity (Wildman–Crippen MR) is 43.0 cm³/mol. The molecule has 0 bridgehead atoms. The van der Waals surface area contributed by atoms with Gasteiger partial charge < -0.3 is 4.74 Å². The van der Waals surface area contributed by atoms with Crippen LogP contribution >= 0.6 is 0 Å². The van der Waals surface area contributed by atoms with Gasteiger partial charge in [0.2, 0.25) is 0 Å². The van der Waals surface area contributed by atoms with E-state index in [0.29, 0.717) is 5.92 Å². The molecule has 0 aliphatic heterocycles. The van der Waals surface area contributed by atoms with Crippen molar-refractivity contribution in [1.82, 2.24) is 0 Å². The predicted octanol–water partition coefficient (Wildman–Crippen LogP) is 1.76. The van der Waals surface area contributed by atoms with E-state index in [1.807, 2.05) is 6.08 Å². The van der Waals surface area contributed by atoms with Crippen molar-refractivity contribution >= 4 is 5.97 Å². The van der Waals surface area contributed by atoms with Crippen LogP contribution < -0.4 is 0 Å². The van der Waals surface area contributed by atoms with Crippen LogP contribution in [0.15, 0.2) is 12.2 Å². The molecule has 1 rings (SSSR count). The molecule has 11 heavy (non-hydrogen) atoms. The van der Waals surface area contributed by atoms with Crippen LogP contribution in [-0.4, -0.2) is 13.1 Å². The standard InChI is InChI=1S/C9H14O2/c1-7-3-5-8(6-4-7)9(10)11-2/h3,5,7-8H,4,6H2,1-2H3/t7-,8?/m1/s1. The van der Waals surface area contributed by atoms with Crippen molar-refractivity contribution in [3.05, 3.63) is 12.2 Å².